The van der Waals surface area contributed by atoms with E-state index in [-0.39, 0.29) is 0 Å². The second-order valence-corrected chi connectivity index (χ2v) is 15.6. The summed E-state index contributed by atoms with van der Waals surface area (Å²) in [5.41, 5.74) is 15.5. The van der Waals surface area contributed by atoms with Gasteiger partial charge in [-0.2, -0.15) is 0 Å². The third kappa shape index (κ3) is 5.82. The molecule has 3 nitrogen and oxygen atoms in total. The van der Waals surface area contributed by atoms with Crippen LogP contribution in [0.1, 0.15) is 0 Å². The number of hydrogen-bond acceptors (Lipinski definition) is 3. The van der Waals surface area contributed by atoms with Gasteiger partial charge in [0.05, 0.1) is 11.1 Å². The first-order valence-corrected chi connectivity index (χ1v) is 20.7. The zero-order valence-corrected chi connectivity index (χ0v) is 33.1. The van der Waals surface area contributed by atoms with Crippen molar-refractivity contribution in [3.8, 4) is 44.5 Å². The molecule has 0 amide bonds. The highest BCUT2D eigenvalue weighted by atomic mass is 16.3. The van der Waals surface area contributed by atoms with Crippen molar-refractivity contribution in [1.29, 1.82) is 0 Å². The molecule has 0 aliphatic rings. The summed E-state index contributed by atoms with van der Waals surface area (Å²) < 4.78 is 13.9. The Morgan fingerprint density at radius 3 is 1.43 bits per heavy atom. The number of hydrogen-bond donors (Lipinski definition) is 0. The highest BCUT2D eigenvalue weighted by molar-refractivity contribution is 6.25. The van der Waals surface area contributed by atoms with Crippen molar-refractivity contribution in [2.24, 2.45) is 0 Å². The molecule has 2 aromatic heterocycles. The minimum absolute atomic E-state index is 0.842. The van der Waals surface area contributed by atoms with Gasteiger partial charge in [0.2, 0.25) is 0 Å². The van der Waals surface area contributed by atoms with Gasteiger partial charge in [0, 0.05) is 44.0 Å². The van der Waals surface area contributed by atoms with Crippen LogP contribution in [0, 0.1) is 0 Å². The lowest BCUT2D eigenvalue weighted by atomic mass is 9.93. The molecule has 12 rings (SSSR count). The van der Waals surface area contributed by atoms with Crippen molar-refractivity contribution in [3.05, 3.63) is 224 Å². The number of benzene rings is 10. The number of nitrogens with zero attached hydrogens (tertiary/aromatic N) is 1. The van der Waals surface area contributed by atoms with Gasteiger partial charge in [0.15, 0.2) is 0 Å². The molecule has 0 bridgehead atoms. The van der Waals surface area contributed by atoms with Gasteiger partial charge >= 0.3 is 0 Å². The standard InChI is InChI=1S/C58H37NO2/c1-4-15-38(16-5-1)40-27-31-43(32-28-40)59(44-33-29-41(30-34-44)39-17-6-2-7-18-39)53-36-35-45(42-19-8-3-9-20-42)58-55(53)52-37-51(46-21-10-11-23-48(46)57(52)61-58)50-25-14-24-49-47-22-12-13-26-54(47)60-56(49)50/h1-37H. The predicted octanol–water partition coefficient (Wildman–Crippen LogP) is 16.8. The van der Waals surface area contributed by atoms with Crippen LogP contribution >= 0.6 is 0 Å². The van der Waals surface area contributed by atoms with Crippen LogP contribution in [-0.2, 0) is 0 Å². The van der Waals surface area contributed by atoms with E-state index in [0.29, 0.717) is 0 Å². The van der Waals surface area contributed by atoms with E-state index in [1.54, 1.807) is 0 Å². The van der Waals surface area contributed by atoms with E-state index >= 15 is 0 Å². The van der Waals surface area contributed by atoms with Crippen molar-refractivity contribution in [3.63, 3.8) is 0 Å². The maximum Gasteiger partial charge on any atom is 0.145 e. The van der Waals surface area contributed by atoms with Gasteiger partial charge in [-0.3, -0.25) is 0 Å². The summed E-state index contributed by atoms with van der Waals surface area (Å²) >= 11 is 0. The zero-order valence-electron chi connectivity index (χ0n) is 33.1. The van der Waals surface area contributed by atoms with Gasteiger partial charge in [-0.1, -0.05) is 176 Å². The van der Waals surface area contributed by atoms with Crippen LogP contribution in [0.25, 0.3) is 99.2 Å². The van der Waals surface area contributed by atoms with Crippen LogP contribution in [0.2, 0.25) is 0 Å². The Balaban J connectivity index is 1.16. The Labute approximate surface area is 353 Å². The number of para-hydroxylation sites is 2. The highest BCUT2D eigenvalue weighted by Gasteiger charge is 2.25. The summed E-state index contributed by atoms with van der Waals surface area (Å²) in [7, 11) is 0. The Morgan fingerprint density at radius 2 is 0.787 bits per heavy atom. The van der Waals surface area contributed by atoms with Crippen molar-refractivity contribution < 1.29 is 8.83 Å². The van der Waals surface area contributed by atoms with Crippen LogP contribution in [0.5, 0.6) is 0 Å². The minimum atomic E-state index is 0.842. The van der Waals surface area contributed by atoms with E-state index in [1.807, 2.05) is 6.07 Å². The van der Waals surface area contributed by atoms with Gasteiger partial charge in [0.25, 0.3) is 0 Å². The third-order valence-corrected chi connectivity index (χ3v) is 12.1. The number of rotatable bonds is 7. The van der Waals surface area contributed by atoms with Gasteiger partial charge in [-0.05, 0) is 87.3 Å². The number of anilines is 3. The quantitative estimate of drug-likeness (QED) is 0.161. The molecule has 61 heavy (non-hydrogen) atoms. The monoisotopic (exact) mass is 779 g/mol. The molecule has 12 aromatic rings. The van der Waals surface area contributed by atoms with Gasteiger partial charge in [-0.15, -0.1) is 0 Å². The SMILES string of the molecule is c1ccc(-c2ccc(N(c3ccc(-c4ccccc4)cc3)c3ccc(-c4ccccc4)c4oc5c6ccccc6c(-c6cccc7c6oc6ccccc67)cc5c34)cc2)cc1. The van der Waals surface area contributed by atoms with E-state index in [1.165, 1.54) is 11.1 Å². The second-order valence-electron chi connectivity index (χ2n) is 15.6. The van der Waals surface area contributed by atoms with Crippen LogP contribution < -0.4 is 4.90 Å². The zero-order chi connectivity index (χ0) is 40.3. The first kappa shape index (κ1) is 34.9. The maximum absolute atomic E-state index is 7.24. The summed E-state index contributed by atoms with van der Waals surface area (Å²) in [5.74, 6) is 0. The van der Waals surface area contributed by atoms with Crippen molar-refractivity contribution >= 4 is 71.7 Å². The van der Waals surface area contributed by atoms with Crippen molar-refractivity contribution in [2.45, 2.75) is 0 Å². The lowest BCUT2D eigenvalue weighted by molar-refractivity contribution is 0.670. The van der Waals surface area contributed by atoms with Crippen molar-refractivity contribution in [2.75, 3.05) is 4.90 Å². The molecule has 0 saturated carbocycles. The van der Waals surface area contributed by atoms with E-state index in [4.69, 9.17) is 8.83 Å². The molecule has 0 spiro atoms. The molecule has 2 heterocycles. The molecular weight excluding hydrogens is 743 g/mol. The molecule has 0 radical (unpaired) electrons. The van der Waals surface area contributed by atoms with E-state index in [0.717, 1.165) is 105 Å². The molecule has 0 unspecified atom stereocenters. The molecule has 0 saturated heterocycles. The molecule has 286 valence electrons. The van der Waals surface area contributed by atoms with Crippen LogP contribution in [0.4, 0.5) is 17.1 Å². The normalized spacial score (nSPS) is 11.6. The summed E-state index contributed by atoms with van der Waals surface area (Å²) in [5, 5.41) is 6.45. The summed E-state index contributed by atoms with van der Waals surface area (Å²) in [6.45, 7) is 0. The first-order valence-electron chi connectivity index (χ1n) is 20.7. The maximum atomic E-state index is 7.24. The predicted molar refractivity (Wildman–Crippen MR) is 255 cm³/mol. The number of fused-ring (bicyclic) bond motifs is 8. The Bertz CT molecular complexity index is 3470. The Hall–Kier alpha value is -8.14. The first-order chi connectivity index (χ1) is 30.3. The van der Waals surface area contributed by atoms with E-state index in [2.05, 4.69) is 223 Å². The average Bonchev–Trinajstić information content (AvgIpc) is 3.92. The lowest BCUT2D eigenvalue weighted by Gasteiger charge is -2.27. The fraction of sp³-hybridized carbons (Fsp3) is 0. The lowest BCUT2D eigenvalue weighted by Crippen LogP contribution is -2.10. The topological polar surface area (TPSA) is 29.5 Å². The molecule has 10 aromatic carbocycles. The van der Waals surface area contributed by atoms with Gasteiger partial charge < -0.3 is 13.7 Å². The fourth-order valence-corrected chi connectivity index (χ4v) is 9.19. The molecule has 3 heteroatoms. The second kappa shape index (κ2) is 14.3. The fourth-order valence-electron chi connectivity index (χ4n) is 9.19. The molecular formula is C58H37NO2. The summed E-state index contributed by atoms with van der Waals surface area (Å²) in [6, 6.07) is 79.7. The molecule has 0 aliphatic heterocycles. The Morgan fingerprint density at radius 1 is 0.279 bits per heavy atom. The molecule has 0 atom stereocenters. The minimum Gasteiger partial charge on any atom is -0.455 e. The van der Waals surface area contributed by atoms with Crippen molar-refractivity contribution in [1.82, 2.24) is 0 Å². The van der Waals surface area contributed by atoms with E-state index < -0.39 is 0 Å². The van der Waals surface area contributed by atoms with Gasteiger partial charge in [-0.25, -0.2) is 0 Å². The average molecular weight is 780 g/mol. The van der Waals surface area contributed by atoms with Crippen LogP contribution in [0.3, 0.4) is 0 Å². The molecule has 0 N–H and O–H groups in total. The highest BCUT2D eigenvalue weighted by Crippen LogP contribution is 2.50. The van der Waals surface area contributed by atoms with Crippen LogP contribution in [-0.4, -0.2) is 0 Å². The summed E-state index contributed by atoms with van der Waals surface area (Å²) in [4.78, 5) is 2.38. The smallest absolute Gasteiger partial charge is 0.145 e. The largest absolute Gasteiger partial charge is 0.455 e. The third-order valence-electron chi connectivity index (χ3n) is 12.1. The molecule has 0 aliphatic carbocycles. The number of furan rings is 2. The van der Waals surface area contributed by atoms with Gasteiger partial charge in [0.1, 0.15) is 22.3 Å². The van der Waals surface area contributed by atoms with E-state index in [9.17, 15) is 0 Å². The summed E-state index contributed by atoms with van der Waals surface area (Å²) in [6.07, 6.45) is 0. The molecule has 0 fully saturated rings. The van der Waals surface area contributed by atoms with Crippen LogP contribution in [0.15, 0.2) is 233 Å². The Kier molecular flexibility index (Phi) is 8.17.